The van der Waals surface area contributed by atoms with Crippen molar-refractivity contribution < 1.29 is 4.79 Å². The van der Waals surface area contributed by atoms with E-state index in [2.05, 4.69) is 13.0 Å². The summed E-state index contributed by atoms with van der Waals surface area (Å²) in [7, 11) is 0. The predicted molar refractivity (Wildman–Crippen MR) is 52.7 cm³/mol. The van der Waals surface area contributed by atoms with Gasteiger partial charge in [-0.05, 0) is 30.5 Å². The van der Waals surface area contributed by atoms with E-state index in [9.17, 15) is 4.79 Å². The highest BCUT2D eigenvalue weighted by molar-refractivity contribution is 5.97. The molecule has 1 atom stereocenters. The van der Waals surface area contributed by atoms with E-state index >= 15 is 0 Å². The van der Waals surface area contributed by atoms with Crippen LogP contribution in [0.3, 0.4) is 0 Å². The lowest BCUT2D eigenvalue weighted by molar-refractivity contribution is -0.115. The van der Waals surface area contributed by atoms with Gasteiger partial charge < -0.3 is 0 Å². The van der Waals surface area contributed by atoms with E-state index in [1.165, 1.54) is 11.1 Å². The fourth-order valence-corrected chi connectivity index (χ4v) is 1.81. The molecule has 0 saturated carbocycles. The lowest BCUT2D eigenvalue weighted by Crippen LogP contribution is -2.05. The van der Waals surface area contributed by atoms with Crippen molar-refractivity contribution in [1.82, 2.24) is 0 Å². The maximum absolute atomic E-state index is 11.4. The molecule has 66 valence electrons. The predicted octanol–water partition coefficient (Wildman–Crippen LogP) is 2.61. The van der Waals surface area contributed by atoms with E-state index in [-0.39, 0.29) is 11.7 Å². The first-order valence-electron chi connectivity index (χ1n) is 4.55. The molecule has 1 heteroatoms. The summed E-state index contributed by atoms with van der Waals surface area (Å²) in [5.41, 5.74) is 2.39. The first kappa shape index (κ1) is 8.24. The summed E-state index contributed by atoms with van der Waals surface area (Å²) >= 11 is 0. The van der Waals surface area contributed by atoms with Gasteiger partial charge in [0.1, 0.15) is 0 Å². The van der Waals surface area contributed by atoms with Crippen LogP contribution in [0, 0.1) is 6.92 Å². The highest BCUT2D eigenvalue weighted by Gasteiger charge is 2.22. The number of carbonyl (C=O) groups excluding carboxylic acids is 1. The Morgan fingerprint density at radius 2 is 2.08 bits per heavy atom. The van der Waals surface area contributed by atoms with E-state index in [0.29, 0.717) is 0 Å². The van der Waals surface area contributed by atoms with Gasteiger partial charge in [-0.1, -0.05) is 30.3 Å². The third kappa shape index (κ3) is 1.42. The van der Waals surface area contributed by atoms with Gasteiger partial charge in [-0.15, -0.1) is 0 Å². The molecule has 0 saturated heterocycles. The minimum Gasteiger partial charge on any atom is -0.294 e. The summed E-state index contributed by atoms with van der Waals surface area (Å²) in [6, 6.07) is 8.10. The second kappa shape index (κ2) is 3.17. The Bertz CT molecular complexity index is 363. The van der Waals surface area contributed by atoms with E-state index in [0.717, 1.165) is 6.42 Å². The number of hydrogen-bond donors (Lipinski definition) is 0. The highest BCUT2D eigenvalue weighted by Crippen LogP contribution is 2.28. The molecule has 0 bridgehead atoms. The molecule has 1 aromatic carbocycles. The zero-order chi connectivity index (χ0) is 9.26. The van der Waals surface area contributed by atoms with Gasteiger partial charge >= 0.3 is 0 Å². The maximum Gasteiger partial charge on any atom is 0.163 e. The summed E-state index contributed by atoms with van der Waals surface area (Å²) in [4.78, 5) is 11.4. The van der Waals surface area contributed by atoms with Crippen molar-refractivity contribution in [2.75, 3.05) is 0 Å². The maximum atomic E-state index is 11.4. The van der Waals surface area contributed by atoms with Crippen LogP contribution in [0.4, 0.5) is 0 Å². The Labute approximate surface area is 78.1 Å². The van der Waals surface area contributed by atoms with Crippen LogP contribution in [0.15, 0.2) is 36.4 Å². The molecule has 1 nitrogen and oxygen atoms in total. The Balaban J connectivity index is 2.36. The van der Waals surface area contributed by atoms with Gasteiger partial charge in [0.15, 0.2) is 5.78 Å². The second-order valence-corrected chi connectivity index (χ2v) is 3.45. The summed E-state index contributed by atoms with van der Waals surface area (Å²) < 4.78 is 0. The van der Waals surface area contributed by atoms with Crippen molar-refractivity contribution in [2.45, 2.75) is 19.3 Å². The molecule has 2 rings (SSSR count). The Morgan fingerprint density at radius 1 is 1.31 bits per heavy atom. The van der Waals surface area contributed by atoms with Crippen LogP contribution in [0.5, 0.6) is 0 Å². The van der Waals surface area contributed by atoms with Crippen LogP contribution in [-0.2, 0) is 4.79 Å². The molecule has 13 heavy (non-hydrogen) atoms. The average molecular weight is 172 g/mol. The van der Waals surface area contributed by atoms with Crippen LogP contribution in [0.1, 0.15) is 23.5 Å². The lowest BCUT2D eigenvalue weighted by atomic mass is 9.92. The quantitative estimate of drug-likeness (QED) is 0.636. The first-order chi connectivity index (χ1) is 6.29. The highest BCUT2D eigenvalue weighted by atomic mass is 16.1. The molecule has 1 aromatic rings. The number of aryl methyl sites for hydroxylation is 1. The molecular weight excluding hydrogens is 160 g/mol. The number of rotatable bonds is 1. The third-order valence-electron chi connectivity index (χ3n) is 2.56. The zero-order valence-corrected chi connectivity index (χ0v) is 7.66. The van der Waals surface area contributed by atoms with E-state index in [4.69, 9.17) is 0 Å². The normalized spacial score (nSPS) is 21.0. The number of carbonyl (C=O) groups is 1. The van der Waals surface area contributed by atoms with Crippen LogP contribution in [0.2, 0.25) is 0 Å². The molecule has 0 N–H and O–H groups in total. The standard InChI is InChI=1S/C12H12O/c1-9-5-2-3-6-10(9)11-7-4-8-12(11)13/h2-6,8,11H,7H2,1H3. The van der Waals surface area contributed by atoms with Crippen molar-refractivity contribution in [3.8, 4) is 0 Å². The number of benzene rings is 1. The monoisotopic (exact) mass is 172 g/mol. The summed E-state index contributed by atoms with van der Waals surface area (Å²) in [5, 5.41) is 0. The minimum atomic E-state index is 0.0844. The van der Waals surface area contributed by atoms with Gasteiger partial charge in [-0.25, -0.2) is 0 Å². The fourth-order valence-electron chi connectivity index (χ4n) is 1.81. The smallest absolute Gasteiger partial charge is 0.163 e. The summed E-state index contributed by atoms with van der Waals surface area (Å²) in [6.07, 6.45) is 4.51. The van der Waals surface area contributed by atoms with Crippen LogP contribution in [-0.4, -0.2) is 5.78 Å². The average Bonchev–Trinajstić information content (AvgIpc) is 2.52. The van der Waals surface area contributed by atoms with Crippen molar-refractivity contribution in [2.24, 2.45) is 0 Å². The summed E-state index contributed by atoms with van der Waals surface area (Å²) in [6.45, 7) is 2.06. The van der Waals surface area contributed by atoms with Crippen molar-refractivity contribution >= 4 is 5.78 Å². The third-order valence-corrected chi connectivity index (χ3v) is 2.56. The van der Waals surface area contributed by atoms with Gasteiger partial charge in [0.05, 0.1) is 5.92 Å². The molecule has 0 heterocycles. The molecule has 0 spiro atoms. The van der Waals surface area contributed by atoms with Gasteiger partial charge in [-0.2, -0.15) is 0 Å². The molecule has 0 amide bonds. The number of ketones is 1. The fraction of sp³-hybridized carbons (Fsp3) is 0.250. The van der Waals surface area contributed by atoms with Gasteiger partial charge in [0.2, 0.25) is 0 Å². The molecule has 0 radical (unpaired) electrons. The Hall–Kier alpha value is -1.37. The van der Waals surface area contributed by atoms with Crippen molar-refractivity contribution in [1.29, 1.82) is 0 Å². The van der Waals surface area contributed by atoms with E-state index in [1.807, 2.05) is 24.3 Å². The van der Waals surface area contributed by atoms with Gasteiger partial charge in [-0.3, -0.25) is 4.79 Å². The second-order valence-electron chi connectivity index (χ2n) is 3.45. The molecule has 0 aliphatic heterocycles. The lowest BCUT2D eigenvalue weighted by Gasteiger charge is -2.10. The molecule has 0 aromatic heterocycles. The van der Waals surface area contributed by atoms with Gasteiger partial charge in [0, 0.05) is 0 Å². The molecular formula is C12H12O. The minimum absolute atomic E-state index is 0.0844. The SMILES string of the molecule is Cc1ccccc1C1CC=CC1=O. The Morgan fingerprint density at radius 3 is 2.69 bits per heavy atom. The number of allylic oxidation sites excluding steroid dienone is 2. The van der Waals surface area contributed by atoms with E-state index in [1.54, 1.807) is 6.08 Å². The largest absolute Gasteiger partial charge is 0.294 e. The first-order valence-corrected chi connectivity index (χ1v) is 4.55. The zero-order valence-electron chi connectivity index (χ0n) is 7.66. The molecule has 0 fully saturated rings. The molecule has 1 aliphatic carbocycles. The van der Waals surface area contributed by atoms with E-state index < -0.39 is 0 Å². The topological polar surface area (TPSA) is 17.1 Å². The van der Waals surface area contributed by atoms with Gasteiger partial charge in [0.25, 0.3) is 0 Å². The van der Waals surface area contributed by atoms with Crippen LogP contribution in [0.25, 0.3) is 0 Å². The number of hydrogen-bond acceptors (Lipinski definition) is 1. The van der Waals surface area contributed by atoms with Crippen molar-refractivity contribution in [3.63, 3.8) is 0 Å². The summed E-state index contributed by atoms with van der Waals surface area (Å²) in [5.74, 6) is 0.329. The molecule has 1 unspecified atom stereocenters. The van der Waals surface area contributed by atoms with Crippen molar-refractivity contribution in [3.05, 3.63) is 47.5 Å². The Kier molecular flexibility index (Phi) is 2.01. The van der Waals surface area contributed by atoms with Crippen LogP contribution < -0.4 is 0 Å². The van der Waals surface area contributed by atoms with Crippen LogP contribution >= 0.6 is 0 Å². The molecule has 1 aliphatic rings.